The Morgan fingerprint density at radius 3 is 3.14 bits per heavy atom. The van der Waals surface area contributed by atoms with Crippen LogP contribution in [0.2, 0.25) is 0 Å². The first kappa shape index (κ1) is 16.3. The van der Waals surface area contributed by atoms with Crippen LogP contribution in [0.3, 0.4) is 0 Å². The molecule has 5 heteroatoms. The molecule has 1 fully saturated rings. The first-order valence-corrected chi connectivity index (χ1v) is 8.29. The van der Waals surface area contributed by atoms with Crippen LogP contribution in [0.15, 0.2) is 28.7 Å². The van der Waals surface area contributed by atoms with Crippen molar-refractivity contribution in [2.45, 2.75) is 19.3 Å². The van der Waals surface area contributed by atoms with Gasteiger partial charge in [0.25, 0.3) is 0 Å². The molecule has 1 amide bonds. The fourth-order valence-electron chi connectivity index (χ4n) is 2.72. The normalized spacial score (nSPS) is 18.6. The second-order valence-corrected chi connectivity index (χ2v) is 6.38. The Labute approximate surface area is 135 Å². The molecule has 1 heterocycles. The number of carbonyl (C=O) groups excluding carboxylic acids is 1. The standard InChI is InChI=1S/C16H23BrN2O2/c1-18-11-13-4-3-8-19(12-13)16(20)7-9-21-15-6-2-5-14(17)10-15/h2,5-6,10,13,18H,3-4,7-9,11-12H2,1H3. The van der Waals surface area contributed by atoms with Gasteiger partial charge in [0, 0.05) is 17.6 Å². The van der Waals surface area contributed by atoms with Gasteiger partial charge in [-0.2, -0.15) is 0 Å². The van der Waals surface area contributed by atoms with E-state index in [2.05, 4.69) is 21.2 Å². The summed E-state index contributed by atoms with van der Waals surface area (Å²) in [5.41, 5.74) is 0. The van der Waals surface area contributed by atoms with E-state index in [-0.39, 0.29) is 5.91 Å². The molecule has 1 aromatic carbocycles. The molecule has 1 aromatic rings. The Hall–Kier alpha value is -1.07. The van der Waals surface area contributed by atoms with Crippen LogP contribution in [0.25, 0.3) is 0 Å². The van der Waals surface area contributed by atoms with E-state index in [0.29, 0.717) is 18.9 Å². The number of nitrogens with zero attached hydrogens (tertiary/aromatic N) is 1. The maximum atomic E-state index is 12.2. The first-order chi connectivity index (χ1) is 10.2. The molecule has 1 N–H and O–H groups in total. The summed E-state index contributed by atoms with van der Waals surface area (Å²) in [7, 11) is 1.96. The summed E-state index contributed by atoms with van der Waals surface area (Å²) in [5, 5.41) is 3.20. The summed E-state index contributed by atoms with van der Waals surface area (Å²) in [6.45, 7) is 3.17. The largest absolute Gasteiger partial charge is 0.493 e. The quantitative estimate of drug-likeness (QED) is 0.853. The van der Waals surface area contributed by atoms with Crippen LogP contribution in [-0.4, -0.2) is 44.1 Å². The molecule has 0 aliphatic carbocycles. The third kappa shape index (κ3) is 5.32. The molecule has 0 spiro atoms. The number of ether oxygens (including phenoxy) is 1. The summed E-state index contributed by atoms with van der Waals surface area (Å²) < 4.78 is 6.62. The van der Waals surface area contributed by atoms with Crippen LogP contribution in [0.1, 0.15) is 19.3 Å². The van der Waals surface area contributed by atoms with Gasteiger partial charge in [-0.15, -0.1) is 0 Å². The Kier molecular flexibility index (Phi) is 6.51. The lowest BCUT2D eigenvalue weighted by Crippen LogP contribution is -2.42. The van der Waals surface area contributed by atoms with Gasteiger partial charge in [-0.25, -0.2) is 0 Å². The Morgan fingerprint density at radius 1 is 1.52 bits per heavy atom. The van der Waals surface area contributed by atoms with E-state index in [0.717, 1.165) is 36.3 Å². The topological polar surface area (TPSA) is 41.6 Å². The van der Waals surface area contributed by atoms with Crippen LogP contribution in [0, 0.1) is 5.92 Å². The lowest BCUT2D eigenvalue weighted by atomic mass is 9.98. The van der Waals surface area contributed by atoms with Crippen molar-refractivity contribution in [1.82, 2.24) is 10.2 Å². The van der Waals surface area contributed by atoms with Crippen molar-refractivity contribution in [3.63, 3.8) is 0 Å². The predicted octanol–water partition coefficient (Wildman–Crippen LogP) is 2.68. The zero-order chi connectivity index (χ0) is 15.1. The molecule has 1 aliphatic rings. The van der Waals surface area contributed by atoms with Gasteiger partial charge < -0.3 is 15.0 Å². The van der Waals surface area contributed by atoms with Crippen LogP contribution in [0.5, 0.6) is 5.75 Å². The minimum absolute atomic E-state index is 0.200. The molecule has 0 radical (unpaired) electrons. The van der Waals surface area contributed by atoms with Crippen LogP contribution in [0.4, 0.5) is 0 Å². The lowest BCUT2D eigenvalue weighted by molar-refractivity contribution is -0.133. The third-order valence-corrected chi connectivity index (χ3v) is 4.24. The number of nitrogens with one attached hydrogen (secondary N) is 1. The number of likely N-dealkylation sites (tertiary alicyclic amines) is 1. The van der Waals surface area contributed by atoms with Crippen LogP contribution in [-0.2, 0) is 4.79 Å². The number of halogens is 1. The molecule has 2 rings (SSSR count). The second kappa shape index (κ2) is 8.39. The highest BCUT2D eigenvalue weighted by Crippen LogP contribution is 2.19. The van der Waals surface area contributed by atoms with Gasteiger partial charge in [-0.1, -0.05) is 22.0 Å². The molecule has 21 heavy (non-hydrogen) atoms. The van der Waals surface area contributed by atoms with E-state index in [4.69, 9.17) is 4.74 Å². The van der Waals surface area contributed by atoms with Crippen LogP contribution < -0.4 is 10.1 Å². The van der Waals surface area contributed by atoms with Gasteiger partial charge in [0.1, 0.15) is 5.75 Å². The maximum absolute atomic E-state index is 12.2. The SMILES string of the molecule is CNCC1CCCN(C(=O)CCOc2cccc(Br)c2)C1. The van der Waals surface area contributed by atoms with Gasteiger partial charge >= 0.3 is 0 Å². The van der Waals surface area contributed by atoms with Crippen molar-refractivity contribution in [1.29, 1.82) is 0 Å². The van der Waals surface area contributed by atoms with Crippen LogP contribution >= 0.6 is 15.9 Å². The molecule has 1 unspecified atom stereocenters. The second-order valence-electron chi connectivity index (χ2n) is 5.46. The summed E-state index contributed by atoms with van der Waals surface area (Å²) in [5.74, 6) is 1.58. The van der Waals surface area contributed by atoms with Gasteiger partial charge in [0.2, 0.25) is 5.91 Å². The number of amides is 1. The molecule has 1 aliphatic heterocycles. The van der Waals surface area contributed by atoms with E-state index in [1.807, 2.05) is 36.2 Å². The summed E-state index contributed by atoms with van der Waals surface area (Å²) >= 11 is 3.41. The number of carbonyl (C=O) groups is 1. The van der Waals surface area contributed by atoms with Crippen molar-refractivity contribution >= 4 is 21.8 Å². The van der Waals surface area contributed by atoms with E-state index in [9.17, 15) is 4.79 Å². The lowest BCUT2D eigenvalue weighted by Gasteiger charge is -2.32. The van der Waals surface area contributed by atoms with Gasteiger partial charge in [0.05, 0.1) is 13.0 Å². The zero-order valence-corrected chi connectivity index (χ0v) is 14.1. The van der Waals surface area contributed by atoms with E-state index < -0.39 is 0 Å². The summed E-state index contributed by atoms with van der Waals surface area (Å²) in [4.78, 5) is 14.2. The summed E-state index contributed by atoms with van der Waals surface area (Å²) in [6.07, 6.45) is 2.75. The molecule has 0 bridgehead atoms. The Morgan fingerprint density at radius 2 is 2.38 bits per heavy atom. The van der Waals surface area contributed by atoms with Gasteiger partial charge in [0.15, 0.2) is 0 Å². The van der Waals surface area contributed by atoms with Crippen molar-refractivity contribution in [3.05, 3.63) is 28.7 Å². The molecule has 1 saturated heterocycles. The van der Waals surface area contributed by atoms with E-state index in [1.54, 1.807) is 0 Å². The average molecular weight is 355 g/mol. The number of rotatable bonds is 6. The molecule has 1 atom stereocenters. The van der Waals surface area contributed by atoms with E-state index in [1.165, 1.54) is 6.42 Å². The highest BCUT2D eigenvalue weighted by molar-refractivity contribution is 9.10. The first-order valence-electron chi connectivity index (χ1n) is 7.50. The molecule has 0 aromatic heterocycles. The van der Waals surface area contributed by atoms with Gasteiger partial charge in [-0.05, 0) is 50.6 Å². The highest BCUT2D eigenvalue weighted by atomic mass is 79.9. The Balaban J connectivity index is 1.74. The minimum Gasteiger partial charge on any atom is -0.493 e. The van der Waals surface area contributed by atoms with Crippen molar-refractivity contribution in [2.75, 3.05) is 33.3 Å². The number of piperidine rings is 1. The zero-order valence-electron chi connectivity index (χ0n) is 12.5. The number of hydrogen-bond acceptors (Lipinski definition) is 3. The minimum atomic E-state index is 0.200. The fraction of sp³-hybridized carbons (Fsp3) is 0.562. The Bertz CT molecular complexity index is 465. The van der Waals surface area contributed by atoms with Crippen molar-refractivity contribution in [2.24, 2.45) is 5.92 Å². The maximum Gasteiger partial charge on any atom is 0.226 e. The molecular formula is C16H23BrN2O2. The number of hydrogen-bond donors (Lipinski definition) is 1. The van der Waals surface area contributed by atoms with Gasteiger partial charge in [-0.3, -0.25) is 4.79 Å². The van der Waals surface area contributed by atoms with Crippen molar-refractivity contribution < 1.29 is 9.53 Å². The molecule has 4 nitrogen and oxygen atoms in total. The third-order valence-electron chi connectivity index (χ3n) is 3.75. The summed E-state index contributed by atoms with van der Waals surface area (Å²) in [6, 6.07) is 7.69. The molecule has 0 saturated carbocycles. The van der Waals surface area contributed by atoms with Crippen molar-refractivity contribution in [3.8, 4) is 5.75 Å². The number of benzene rings is 1. The monoisotopic (exact) mass is 354 g/mol. The molecule has 116 valence electrons. The predicted molar refractivity (Wildman–Crippen MR) is 87.5 cm³/mol. The highest BCUT2D eigenvalue weighted by Gasteiger charge is 2.22. The average Bonchev–Trinajstić information content (AvgIpc) is 2.48. The molecular weight excluding hydrogens is 332 g/mol. The smallest absolute Gasteiger partial charge is 0.226 e. The fourth-order valence-corrected chi connectivity index (χ4v) is 3.10. The van der Waals surface area contributed by atoms with E-state index >= 15 is 0 Å².